The molecule has 1 amide bonds. The van der Waals surface area contributed by atoms with Crippen molar-refractivity contribution in [3.8, 4) is 11.6 Å². The number of aromatic nitrogens is 1. The van der Waals surface area contributed by atoms with Crippen molar-refractivity contribution in [3.05, 3.63) is 52.7 Å². The van der Waals surface area contributed by atoms with Crippen LogP contribution in [0.15, 0.2) is 36.5 Å². The first-order chi connectivity index (χ1) is 11.8. The second kappa shape index (κ2) is 8.72. The molecule has 1 unspecified atom stereocenters. The van der Waals surface area contributed by atoms with Crippen molar-refractivity contribution >= 4 is 17.5 Å². The Bertz CT molecular complexity index is 717. The topological polar surface area (TPSA) is 60.5 Å². The van der Waals surface area contributed by atoms with Crippen molar-refractivity contribution < 1.29 is 14.3 Å². The van der Waals surface area contributed by atoms with Gasteiger partial charge in [-0.15, -0.1) is 0 Å². The maximum absolute atomic E-state index is 12.2. The van der Waals surface area contributed by atoms with Crippen molar-refractivity contribution in [2.45, 2.75) is 46.4 Å². The van der Waals surface area contributed by atoms with Crippen LogP contribution >= 0.6 is 11.6 Å². The van der Waals surface area contributed by atoms with Crippen LogP contribution in [0.1, 0.15) is 31.9 Å². The maximum Gasteiger partial charge on any atom is 0.261 e. The van der Waals surface area contributed by atoms with Gasteiger partial charge in [0.1, 0.15) is 5.75 Å². The first kappa shape index (κ1) is 19.1. The lowest BCUT2D eigenvalue weighted by Gasteiger charge is -2.16. The number of aryl methyl sites for hydroxylation is 1. The average molecular weight is 363 g/mol. The van der Waals surface area contributed by atoms with Gasteiger partial charge in [-0.05, 0) is 51.0 Å². The molecule has 1 N–H and O–H groups in total. The molecule has 134 valence electrons. The molecule has 1 heterocycles. The van der Waals surface area contributed by atoms with Crippen molar-refractivity contribution in [2.24, 2.45) is 0 Å². The lowest BCUT2D eigenvalue weighted by Crippen LogP contribution is -2.36. The standard InChI is InChI=1S/C19H23ClN2O3/c1-12(2)24-18-8-6-15(10-21-18)11-22-19(23)14(4)25-17-9-13(3)5-7-16(17)20/h5-10,12,14H,11H2,1-4H3,(H,22,23). The molecule has 0 aliphatic rings. The number of hydrogen-bond acceptors (Lipinski definition) is 4. The van der Waals surface area contributed by atoms with E-state index in [-0.39, 0.29) is 12.0 Å². The fraction of sp³-hybridized carbons (Fsp3) is 0.368. The van der Waals surface area contributed by atoms with Crippen LogP contribution in [0.5, 0.6) is 11.6 Å². The fourth-order valence-corrected chi connectivity index (χ4v) is 2.27. The number of hydrogen-bond donors (Lipinski definition) is 1. The molecule has 0 fully saturated rings. The fourth-order valence-electron chi connectivity index (χ4n) is 2.10. The normalized spacial score (nSPS) is 11.9. The summed E-state index contributed by atoms with van der Waals surface area (Å²) in [5.74, 6) is 0.845. The number of nitrogens with zero attached hydrogens (tertiary/aromatic N) is 1. The van der Waals surface area contributed by atoms with E-state index in [0.717, 1.165) is 11.1 Å². The molecule has 1 atom stereocenters. The quantitative estimate of drug-likeness (QED) is 0.811. The van der Waals surface area contributed by atoms with Crippen molar-refractivity contribution in [1.29, 1.82) is 0 Å². The van der Waals surface area contributed by atoms with Gasteiger partial charge in [-0.1, -0.05) is 23.7 Å². The number of halogens is 1. The summed E-state index contributed by atoms with van der Waals surface area (Å²) in [6, 6.07) is 9.11. The first-order valence-corrected chi connectivity index (χ1v) is 8.55. The van der Waals surface area contributed by atoms with Gasteiger partial charge in [0.2, 0.25) is 5.88 Å². The molecule has 1 aromatic carbocycles. The van der Waals surface area contributed by atoms with Crippen LogP contribution in [0.3, 0.4) is 0 Å². The molecule has 2 rings (SSSR count). The van der Waals surface area contributed by atoms with E-state index in [1.807, 2.05) is 39.0 Å². The molecule has 0 radical (unpaired) electrons. The van der Waals surface area contributed by atoms with E-state index in [1.54, 1.807) is 25.3 Å². The van der Waals surface area contributed by atoms with Gasteiger partial charge >= 0.3 is 0 Å². The molecular formula is C19H23ClN2O3. The summed E-state index contributed by atoms with van der Waals surface area (Å²) in [6.07, 6.45) is 1.10. The van der Waals surface area contributed by atoms with Crippen LogP contribution in [0.2, 0.25) is 5.02 Å². The highest BCUT2D eigenvalue weighted by Gasteiger charge is 2.16. The number of carbonyl (C=O) groups excluding carboxylic acids is 1. The molecule has 2 aromatic rings. The van der Waals surface area contributed by atoms with E-state index in [9.17, 15) is 4.79 Å². The Balaban J connectivity index is 1.87. The van der Waals surface area contributed by atoms with E-state index in [0.29, 0.717) is 23.2 Å². The molecule has 0 saturated carbocycles. The number of nitrogens with one attached hydrogen (secondary N) is 1. The SMILES string of the molecule is Cc1ccc(Cl)c(OC(C)C(=O)NCc2ccc(OC(C)C)nc2)c1. The minimum Gasteiger partial charge on any atom is -0.479 e. The van der Waals surface area contributed by atoms with Gasteiger partial charge in [-0.25, -0.2) is 4.98 Å². The molecule has 0 aliphatic heterocycles. The zero-order valence-electron chi connectivity index (χ0n) is 14.9. The molecule has 0 aliphatic carbocycles. The van der Waals surface area contributed by atoms with Gasteiger partial charge in [-0.3, -0.25) is 4.79 Å². The zero-order valence-corrected chi connectivity index (χ0v) is 15.6. The summed E-state index contributed by atoms with van der Waals surface area (Å²) in [4.78, 5) is 16.4. The Kier molecular flexibility index (Phi) is 6.65. The Hall–Kier alpha value is -2.27. The Labute approximate surface area is 153 Å². The van der Waals surface area contributed by atoms with Gasteiger partial charge in [0.05, 0.1) is 11.1 Å². The molecule has 1 aromatic heterocycles. The first-order valence-electron chi connectivity index (χ1n) is 8.17. The van der Waals surface area contributed by atoms with Crippen LogP contribution in [0.25, 0.3) is 0 Å². The van der Waals surface area contributed by atoms with E-state index in [4.69, 9.17) is 21.1 Å². The van der Waals surface area contributed by atoms with E-state index in [2.05, 4.69) is 10.3 Å². The second-order valence-corrected chi connectivity index (χ2v) is 6.49. The monoisotopic (exact) mass is 362 g/mol. The van der Waals surface area contributed by atoms with Crippen LogP contribution in [-0.2, 0) is 11.3 Å². The third kappa shape index (κ3) is 5.94. The average Bonchev–Trinajstić information content (AvgIpc) is 2.56. The lowest BCUT2D eigenvalue weighted by molar-refractivity contribution is -0.127. The van der Waals surface area contributed by atoms with Crippen LogP contribution in [-0.4, -0.2) is 23.1 Å². The number of carbonyl (C=O) groups is 1. The minimum absolute atomic E-state index is 0.0736. The third-order valence-corrected chi connectivity index (χ3v) is 3.69. The maximum atomic E-state index is 12.2. The molecule has 0 spiro atoms. The molecular weight excluding hydrogens is 340 g/mol. The predicted molar refractivity (Wildman–Crippen MR) is 98.1 cm³/mol. The van der Waals surface area contributed by atoms with Gasteiger partial charge in [0.25, 0.3) is 5.91 Å². The highest BCUT2D eigenvalue weighted by Crippen LogP contribution is 2.26. The number of benzene rings is 1. The molecule has 6 heteroatoms. The van der Waals surface area contributed by atoms with Gasteiger partial charge in [0, 0.05) is 18.8 Å². The summed E-state index contributed by atoms with van der Waals surface area (Å²) in [6.45, 7) is 7.87. The minimum atomic E-state index is -0.657. The molecule has 0 bridgehead atoms. The zero-order chi connectivity index (χ0) is 18.4. The molecule has 5 nitrogen and oxygen atoms in total. The smallest absolute Gasteiger partial charge is 0.261 e. The second-order valence-electron chi connectivity index (χ2n) is 6.08. The van der Waals surface area contributed by atoms with Crippen LogP contribution in [0.4, 0.5) is 0 Å². The highest BCUT2D eigenvalue weighted by atomic mass is 35.5. The summed E-state index contributed by atoms with van der Waals surface area (Å²) in [5.41, 5.74) is 1.90. The largest absolute Gasteiger partial charge is 0.479 e. The Morgan fingerprint density at radius 3 is 2.60 bits per heavy atom. The lowest BCUT2D eigenvalue weighted by atomic mass is 10.2. The van der Waals surface area contributed by atoms with Crippen molar-refractivity contribution in [3.63, 3.8) is 0 Å². The van der Waals surface area contributed by atoms with E-state index < -0.39 is 6.10 Å². The molecule has 0 saturated heterocycles. The van der Waals surface area contributed by atoms with Crippen molar-refractivity contribution in [1.82, 2.24) is 10.3 Å². The van der Waals surface area contributed by atoms with E-state index in [1.165, 1.54) is 0 Å². The summed E-state index contributed by atoms with van der Waals surface area (Å²) < 4.78 is 11.1. The highest BCUT2D eigenvalue weighted by molar-refractivity contribution is 6.32. The summed E-state index contributed by atoms with van der Waals surface area (Å²) in [7, 11) is 0. The summed E-state index contributed by atoms with van der Waals surface area (Å²) >= 11 is 6.09. The van der Waals surface area contributed by atoms with E-state index >= 15 is 0 Å². The van der Waals surface area contributed by atoms with Crippen LogP contribution in [0, 0.1) is 6.92 Å². The predicted octanol–water partition coefficient (Wildman–Crippen LogP) is 3.91. The van der Waals surface area contributed by atoms with Crippen molar-refractivity contribution in [2.75, 3.05) is 0 Å². The number of amides is 1. The molecule has 25 heavy (non-hydrogen) atoms. The van der Waals surface area contributed by atoms with Gasteiger partial charge < -0.3 is 14.8 Å². The third-order valence-electron chi connectivity index (χ3n) is 3.38. The Morgan fingerprint density at radius 1 is 1.20 bits per heavy atom. The Morgan fingerprint density at radius 2 is 1.96 bits per heavy atom. The number of ether oxygens (including phenoxy) is 2. The van der Waals surface area contributed by atoms with Gasteiger partial charge in [-0.2, -0.15) is 0 Å². The summed E-state index contributed by atoms with van der Waals surface area (Å²) in [5, 5.41) is 3.31. The number of rotatable bonds is 7. The number of pyridine rings is 1. The van der Waals surface area contributed by atoms with Crippen LogP contribution < -0.4 is 14.8 Å². The van der Waals surface area contributed by atoms with Gasteiger partial charge in [0.15, 0.2) is 6.10 Å².